The zero-order chi connectivity index (χ0) is 24.1. The Bertz CT molecular complexity index is 1210. The standard InChI is InChI=1S/C24H21Cl2F2N5O/c25-17-3-1-2-15(10-17)23(34)31-24(29-13-16-6-9-19(28)11-20(16)26)30-22-12-21(32-33-22)14-4-7-18(27)8-5-14/h1-11,21-22,32-33H,12-13H2,(H2,29,30,31,34). The molecule has 1 aliphatic rings. The average Bonchev–Trinajstić information content (AvgIpc) is 3.27. The van der Waals surface area contributed by atoms with Gasteiger partial charge in [-0.1, -0.05) is 47.5 Å². The number of hydrazine groups is 1. The van der Waals surface area contributed by atoms with Gasteiger partial charge in [0.25, 0.3) is 5.91 Å². The van der Waals surface area contributed by atoms with Crippen LogP contribution in [0.1, 0.15) is 33.9 Å². The average molecular weight is 504 g/mol. The third kappa shape index (κ3) is 6.30. The first kappa shape index (κ1) is 24.1. The van der Waals surface area contributed by atoms with Crippen molar-refractivity contribution in [2.75, 3.05) is 0 Å². The Kier molecular flexibility index (Phi) is 7.74. The van der Waals surface area contributed by atoms with Crippen LogP contribution in [-0.2, 0) is 6.54 Å². The van der Waals surface area contributed by atoms with Gasteiger partial charge in [0, 0.05) is 28.1 Å². The maximum absolute atomic E-state index is 13.4. The Hall–Kier alpha value is -3.04. The number of amides is 1. The number of nitrogens with one attached hydrogen (secondary N) is 4. The van der Waals surface area contributed by atoms with E-state index in [0.717, 1.165) is 5.56 Å². The van der Waals surface area contributed by atoms with Crippen molar-refractivity contribution in [1.82, 2.24) is 21.5 Å². The number of nitrogens with zero attached hydrogens (tertiary/aromatic N) is 1. The van der Waals surface area contributed by atoms with Gasteiger partial charge in [-0.25, -0.2) is 24.6 Å². The maximum atomic E-state index is 13.4. The van der Waals surface area contributed by atoms with Gasteiger partial charge in [0.1, 0.15) is 11.6 Å². The molecule has 0 radical (unpaired) electrons. The molecule has 10 heteroatoms. The second kappa shape index (κ2) is 10.9. The second-order valence-corrected chi connectivity index (χ2v) is 8.53. The molecule has 0 bridgehead atoms. The van der Waals surface area contributed by atoms with Gasteiger partial charge in [-0.3, -0.25) is 10.1 Å². The number of hydrogen-bond donors (Lipinski definition) is 4. The smallest absolute Gasteiger partial charge is 0.257 e. The predicted octanol–water partition coefficient (Wildman–Crippen LogP) is 4.71. The molecular formula is C24H21Cl2F2N5O. The van der Waals surface area contributed by atoms with Crippen molar-refractivity contribution >= 4 is 35.1 Å². The fourth-order valence-electron chi connectivity index (χ4n) is 3.47. The van der Waals surface area contributed by atoms with Crippen molar-refractivity contribution < 1.29 is 13.6 Å². The van der Waals surface area contributed by atoms with E-state index in [1.165, 1.54) is 30.3 Å². The lowest BCUT2D eigenvalue weighted by Crippen LogP contribution is -2.50. The molecule has 1 aliphatic heterocycles. The Balaban J connectivity index is 1.49. The molecule has 0 aliphatic carbocycles. The summed E-state index contributed by atoms with van der Waals surface area (Å²) < 4.78 is 26.6. The summed E-state index contributed by atoms with van der Waals surface area (Å²) in [7, 11) is 0. The fraction of sp³-hybridized carbons (Fsp3) is 0.167. The Morgan fingerprint density at radius 3 is 2.50 bits per heavy atom. The van der Waals surface area contributed by atoms with E-state index in [2.05, 4.69) is 26.5 Å². The highest BCUT2D eigenvalue weighted by Crippen LogP contribution is 2.22. The molecule has 6 nitrogen and oxygen atoms in total. The number of carbonyl (C=O) groups is 1. The highest BCUT2D eigenvalue weighted by molar-refractivity contribution is 6.31. The number of hydrogen-bond acceptors (Lipinski definition) is 4. The van der Waals surface area contributed by atoms with E-state index in [0.29, 0.717) is 22.6 Å². The number of halogens is 4. The summed E-state index contributed by atoms with van der Waals surface area (Å²) in [6, 6.07) is 16.7. The van der Waals surface area contributed by atoms with Crippen LogP contribution in [0, 0.1) is 11.6 Å². The molecule has 0 saturated carbocycles. The van der Waals surface area contributed by atoms with Gasteiger partial charge in [0.15, 0.2) is 5.96 Å². The molecule has 3 aromatic carbocycles. The molecule has 4 N–H and O–H groups in total. The van der Waals surface area contributed by atoms with Crippen LogP contribution >= 0.6 is 23.2 Å². The van der Waals surface area contributed by atoms with Gasteiger partial charge in [-0.05, 0) is 53.6 Å². The molecular weight excluding hydrogens is 483 g/mol. The van der Waals surface area contributed by atoms with Crippen LogP contribution in [0.25, 0.3) is 0 Å². The highest BCUT2D eigenvalue weighted by atomic mass is 35.5. The van der Waals surface area contributed by atoms with Crippen molar-refractivity contribution in [1.29, 1.82) is 0 Å². The van der Waals surface area contributed by atoms with Gasteiger partial charge in [0.05, 0.1) is 12.7 Å². The summed E-state index contributed by atoms with van der Waals surface area (Å²) in [5.74, 6) is -0.954. The van der Waals surface area contributed by atoms with Crippen LogP contribution in [0.3, 0.4) is 0 Å². The SMILES string of the molecule is O=C(NC(=NCc1ccc(F)cc1Cl)NC1CC(c2ccc(F)cc2)NN1)c1cccc(Cl)c1. The molecule has 1 fully saturated rings. The Morgan fingerprint density at radius 1 is 1.00 bits per heavy atom. The van der Waals surface area contributed by atoms with E-state index in [1.54, 1.807) is 36.4 Å². The van der Waals surface area contributed by atoms with E-state index in [1.807, 2.05) is 0 Å². The lowest BCUT2D eigenvalue weighted by molar-refractivity contribution is 0.0975. The van der Waals surface area contributed by atoms with E-state index in [4.69, 9.17) is 23.2 Å². The first-order chi connectivity index (χ1) is 16.4. The van der Waals surface area contributed by atoms with Crippen LogP contribution in [0.2, 0.25) is 10.0 Å². The minimum Gasteiger partial charge on any atom is -0.339 e. The third-order valence-electron chi connectivity index (χ3n) is 5.23. The van der Waals surface area contributed by atoms with Crippen LogP contribution in [0.4, 0.5) is 8.78 Å². The summed E-state index contributed by atoms with van der Waals surface area (Å²) in [6.07, 6.45) is 0.298. The lowest BCUT2D eigenvalue weighted by Gasteiger charge is -2.17. The molecule has 3 aromatic rings. The van der Waals surface area contributed by atoms with Gasteiger partial charge in [-0.2, -0.15) is 0 Å². The Morgan fingerprint density at radius 2 is 1.76 bits per heavy atom. The minimum atomic E-state index is -0.446. The van der Waals surface area contributed by atoms with Gasteiger partial charge in [0.2, 0.25) is 0 Å². The summed E-state index contributed by atoms with van der Waals surface area (Å²) >= 11 is 12.1. The van der Waals surface area contributed by atoms with Crippen LogP contribution in [-0.4, -0.2) is 18.0 Å². The summed E-state index contributed by atoms with van der Waals surface area (Å²) in [6.45, 7) is 0.110. The van der Waals surface area contributed by atoms with Crippen molar-refractivity contribution in [3.8, 4) is 0 Å². The molecule has 0 aromatic heterocycles. The van der Waals surface area contributed by atoms with Crippen molar-refractivity contribution in [2.24, 2.45) is 4.99 Å². The summed E-state index contributed by atoms with van der Waals surface area (Å²) in [4.78, 5) is 17.2. The molecule has 176 valence electrons. The van der Waals surface area contributed by atoms with Crippen molar-refractivity contribution in [2.45, 2.75) is 25.2 Å². The van der Waals surface area contributed by atoms with Crippen LogP contribution in [0.5, 0.6) is 0 Å². The Labute approximate surface area is 205 Å². The summed E-state index contributed by atoms with van der Waals surface area (Å²) in [5, 5.41) is 6.59. The summed E-state index contributed by atoms with van der Waals surface area (Å²) in [5.41, 5.74) is 8.13. The predicted molar refractivity (Wildman–Crippen MR) is 128 cm³/mol. The highest BCUT2D eigenvalue weighted by Gasteiger charge is 2.26. The maximum Gasteiger partial charge on any atom is 0.257 e. The lowest BCUT2D eigenvalue weighted by atomic mass is 10.0. The van der Waals surface area contributed by atoms with E-state index < -0.39 is 11.7 Å². The number of benzene rings is 3. The quantitative estimate of drug-likeness (QED) is 0.300. The fourth-order valence-corrected chi connectivity index (χ4v) is 3.89. The zero-order valence-corrected chi connectivity index (χ0v) is 19.3. The molecule has 4 rings (SSSR count). The van der Waals surface area contributed by atoms with E-state index in [9.17, 15) is 13.6 Å². The zero-order valence-electron chi connectivity index (χ0n) is 17.8. The molecule has 34 heavy (non-hydrogen) atoms. The van der Waals surface area contributed by atoms with Gasteiger partial charge in [-0.15, -0.1) is 0 Å². The number of carbonyl (C=O) groups excluding carboxylic acids is 1. The largest absolute Gasteiger partial charge is 0.339 e. The molecule has 1 saturated heterocycles. The molecule has 1 heterocycles. The van der Waals surface area contributed by atoms with E-state index >= 15 is 0 Å². The molecule has 1 amide bonds. The normalized spacial score (nSPS) is 18.1. The number of rotatable bonds is 5. The molecule has 2 unspecified atom stereocenters. The van der Waals surface area contributed by atoms with Gasteiger partial charge >= 0.3 is 0 Å². The minimum absolute atomic E-state index is 0.0745. The molecule has 0 spiro atoms. The van der Waals surface area contributed by atoms with E-state index in [-0.39, 0.29) is 35.6 Å². The number of aliphatic imine (C=N–C) groups is 1. The van der Waals surface area contributed by atoms with Crippen LogP contribution < -0.4 is 21.5 Å². The van der Waals surface area contributed by atoms with Gasteiger partial charge < -0.3 is 5.32 Å². The number of guanidine groups is 1. The van der Waals surface area contributed by atoms with Crippen LogP contribution in [0.15, 0.2) is 71.7 Å². The topological polar surface area (TPSA) is 77.5 Å². The monoisotopic (exact) mass is 503 g/mol. The third-order valence-corrected chi connectivity index (χ3v) is 5.81. The first-order valence-corrected chi connectivity index (χ1v) is 11.2. The van der Waals surface area contributed by atoms with Crippen molar-refractivity contribution in [3.63, 3.8) is 0 Å². The first-order valence-electron chi connectivity index (χ1n) is 10.5. The second-order valence-electron chi connectivity index (χ2n) is 7.69. The molecule has 2 atom stereocenters. The van der Waals surface area contributed by atoms with Crippen molar-refractivity contribution in [3.05, 3.63) is 105 Å².